The number of rotatable bonds is 7. The Kier molecular flexibility index (Phi) is 6.83. The highest BCUT2D eigenvalue weighted by Crippen LogP contribution is 2.30. The normalized spacial score (nSPS) is 25.4. The van der Waals surface area contributed by atoms with E-state index in [0.717, 1.165) is 24.2 Å². The van der Waals surface area contributed by atoms with Crippen LogP contribution in [0.25, 0.3) is 0 Å². The van der Waals surface area contributed by atoms with Crippen LogP contribution < -0.4 is 0 Å². The van der Waals surface area contributed by atoms with E-state index in [0.29, 0.717) is 6.42 Å². The Bertz CT molecular complexity index is 636. The Morgan fingerprint density at radius 3 is 2.63 bits per heavy atom. The Labute approximate surface area is 160 Å². The lowest BCUT2D eigenvalue weighted by Crippen LogP contribution is -2.55. The number of nitrogens with zero attached hydrogens (tertiary/aromatic N) is 1. The molecule has 0 spiro atoms. The summed E-state index contributed by atoms with van der Waals surface area (Å²) in [5.41, 5.74) is -0.359. The highest BCUT2D eigenvalue weighted by atomic mass is 16.6. The van der Waals surface area contributed by atoms with Gasteiger partial charge in [-0.25, -0.2) is 9.59 Å². The number of hydrogen-bond donors (Lipinski definition) is 2. The van der Waals surface area contributed by atoms with Gasteiger partial charge < -0.3 is 19.7 Å². The first-order valence-electron chi connectivity index (χ1n) is 9.43. The number of esters is 2. The van der Waals surface area contributed by atoms with Gasteiger partial charge >= 0.3 is 11.9 Å². The van der Waals surface area contributed by atoms with Gasteiger partial charge in [0.15, 0.2) is 0 Å². The molecule has 4 atom stereocenters. The van der Waals surface area contributed by atoms with Crippen molar-refractivity contribution >= 4 is 11.9 Å². The van der Waals surface area contributed by atoms with E-state index in [1.54, 1.807) is 27.7 Å². The summed E-state index contributed by atoms with van der Waals surface area (Å²) in [5, 5.41) is 21.1. The number of hydrogen-bond acceptors (Lipinski definition) is 7. The highest BCUT2D eigenvalue weighted by molar-refractivity contribution is 5.85. The summed E-state index contributed by atoms with van der Waals surface area (Å²) in [6, 6.07) is -0.127. The molecule has 7 heteroatoms. The van der Waals surface area contributed by atoms with Gasteiger partial charge in [0.05, 0.1) is 12.1 Å². The number of fused-ring (bicyclic) bond motifs is 1. The van der Waals surface area contributed by atoms with Crippen molar-refractivity contribution in [2.45, 2.75) is 64.9 Å². The molecule has 0 amide bonds. The van der Waals surface area contributed by atoms with Crippen LogP contribution in [0.4, 0.5) is 0 Å². The Morgan fingerprint density at radius 2 is 2.04 bits per heavy atom. The molecule has 152 valence electrons. The van der Waals surface area contributed by atoms with Crippen LogP contribution in [-0.2, 0) is 19.1 Å². The summed E-state index contributed by atoms with van der Waals surface area (Å²) < 4.78 is 10.6. The van der Waals surface area contributed by atoms with Gasteiger partial charge in [-0.15, -0.1) is 0 Å². The monoisotopic (exact) mass is 381 g/mol. The zero-order valence-corrected chi connectivity index (χ0v) is 16.8. The van der Waals surface area contributed by atoms with Crippen molar-refractivity contribution in [1.82, 2.24) is 4.90 Å². The first-order valence-corrected chi connectivity index (χ1v) is 9.43. The second-order valence-corrected chi connectivity index (χ2v) is 7.93. The SMILES string of the molecule is CC(C)=CC(=O)O[C@@H](C)[C@@](O)(C(=O)OCC1=CCN2CC[C@@H](O)[C@@H]12)C(C)C. The number of carbonyl (C=O) groups excluding carboxylic acids is 2. The summed E-state index contributed by atoms with van der Waals surface area (Å²) in [6.07, 6.45) is 2.42. The maximum atomic E-state index is 12.7. The fraction of sp³-hybridized carbons (Fsp3) is 0.700. The van der Waals surface area contributed by atoms with Crippen LogP contribution in [0.5, 0.6) is 0 Å². The predicted octanol–water partition coefficient (Wildman–Crippen LogP) is 1.19. The van der Waals surface area contributed by atoms with Crippen molar-refractivity contribution in [1.29, 1.82) is 0 Å². The van der Waals surface area contributed by atoms with Crippen LogP contribution in [0.2, 0.25) is 0 Å². The minimum Gasteiger partial charge on any atom is -0.459 e. The molecule has 27 heavy (non-hydrogen) atoms. The average molecular weight is 381 g/mol. The zero-order valence-electron chi connectivity index (χ0n) is 16.8. The van der Waals surface area contributed by atoms with Gasteiger partial charge in [-0.2, -0.15) is 0 Å². The highest BCUT2D eigenvalue weighted by Gasteiger charge is 2.49. The van der Waals surface area contributed by atoms with E-state index >= 15 is 0 Å². The van der Waals surface area contributed by atoms with E-state index in [2.05, 4.69) is 4.90 Å². The lowest BCUT2D eigenvalue weighted by molar-refractivity contribution is -0.191. The molecule has 7 nitrogen and oxygen atoms in total. The van der Waals surface area contributed by atoms with Crippen molar-refractivity contribution in [2.75, 3.05) is 19.7 Å². The standard InChI is InChI=1S/C20H31NO6/c1-12(2)10-17(23)27-14(5)20(25,13(3)4)19(24)26-11-15-6-8-21-9-7-16(22)18(15)21/h6,10,13-14,16,18,22,25H,7-9,11H2,1-5H3/t14-,16+,18+,20+/m0/s1. The van der Waals surface area contributed by atoms with Gasteiger partial charge in [0.25, 0.3) is 0 Å². The smallest absolute Gasteiger partial charge is 0.342 e. The predicted molar refractivity (Wildman–Crippen MR) is 99.8 cm³/mol. The van der Waals surface area contributed by atoms with Crippen molar-refractivity contribution < 1.29 is 29.3 Å². The molecule has 0 radical (unpaired) electrons. The Hall–Kier alpha value is -1.70. The average Bonchev–Trinajstić information content (AvgIpc) is 3.13. The molecule has 0 aromatic rings. The Balaban J connectivity index is 2.03. The van der Waals surface area contributed by atoms with Gasteiger partial charge in [-0.05, 0) is 38.7 Å². The third kappa shape index (κ3) is 4.59. The molecular weight excluding hydrogens is 350 g/mol. The number of carbonyl (C=O) groups is 2. The largest absolute Gasteiger partial charge is 0.459 e. The summed E-state index contributed by atoms with van der Waals surface area (Å²) in [4.78, 5) is 26.7. The third-order valence-corrected chi connectivity index (χ3v) is 5.33. The van der Waals surface area contributed by atoms with Crippen LogP contribution in [0.15, 0.2) is 23.3 Å². The van der Waals surface area contributed by atoms with Crippen LogP contribution in [0.1, 0.15) is 41.0 Å². The van der Waals surface area contributed by atoms with Gasteiger partial charge in [-0.3, -0.25) is 4.90 Å². The molecule has 2 heterocycles. The van der Waals surface area contributed by atoms with E-state index in [-0.39, 0.29) is 12.6 Å². The first-order chi connectivity index (χ1) is 12.6. The second-order valence-electron chi connectivity index (χ2n) is 7.93. The van der Waals surface area contributed by atoms with Crippen molar-refractivity contribution in [3.63, 3.8) is 0 Å². The molecule has 0 aromatic carbocycles. The van der Waals surface area contributed by atoms with E-state index in [1.807, 2.05) is 6.08 Å². The van der Waals surface area contributed by atoms with Gasteiger partial charge in [-0.1, -0.05) is 25.5 Å². The molecule has 0 bridgehead atoms. The van der Waals surface area contributed by atoms with Gasteiger partial charge in [0.2, 0.25) is 5.60 Å². The van der Waals surface area contributed by atoms with Crippen molar-refractivity contribution in [3.05, 3.63) is 23.3 Å². The van der Waals surface area contributed by atoms with Crippen LogP contribution in [0.3, 0.4) is 0 Å². The fourth-order valence-electron chi connectivity index (χ4n) is 3.69. The number of aliphatic hydroxyl groups excluding tert-OH is 1. The van der Waals surface area contributed by atoms with Crippen LogP contribution >= 0.6 is 0 Å². The second kappa shape index (κ2) is 8.54. The Morgan fingerprint density at radius 1 is 1.37 bits per heavy atom. The molecule has 1 saturated heterocycles. The quantitative estimate of drug-likeness (QED) is 0.388. The van der Waals surface area contributed by atoms with Crippen LogP contribution in [0, 0.1) is 5.92 Å². The molecule has 2 rings (SSSR count). The van der Waals surface area contributed by atoms with Crippen LogP contribution in [-0.4, -0.2) is 70.6 Å². The molecule has 0 unspecified atom stereocenters. The maximum absolute atomic E-state index is 12.7. The van der Waals surface area contributed by atoms with Crippen molar-refractivity contribution in [3.8, 4) is 0 Å². The topological polar surface area (TPSA) is 96.3 Å². The zero-order chi connectivity index (χ0) is 20.4. The van der Waals surface area contributed by atoms with E-state index in [4.69, 9.17) is 9.47 Å². The summed E-state index contributed by atoms with van der Waals surface area (Å²) in [6.45, 7) is 9.87. The minimum atomic E-state index is -1.96. The van der Waals surface area contributed by atoms with E-state index in [9.17, 15) is 19.8 Å². The maximum Gasteiger partial charge on any atom is 0.342 e. The van der Waals surface area contributed by atoms with Gasteiger partial charge in [0, 0.05) is 19.2 Å². The van der Waals surface area contributed by atoms with Crippen molar-refractivity contribution in [2.24, 2.45) is 5.92 Å². The fourth-order valence-corrected chi connectivity index (χ4v) is 3.69. The summed E-state index contributed by atoms with van der Waals surface area (Å²) >= 11 is 0. The van der Waals surface area contributed by atoms with E-state index in [1.165, 1.54) is 13.0 Å². The molecule has 1 fully saturated rings. The molecule has 2 aliphatic heterocycles. The molecule has 0 aliphatic carbocycles. The molecule has 0 saturated carbocycles. The minimum absolute atomic E-state index is 0.000722. The molecule has 2 aliphatic rings. The molecule has 2 N–H and O–H groups in total. The number of allylic oxidation sites excluding steroid dienone is 1. The third-order valence-electron chi connectivity index (χ3n) is 5.33. The molecule has 0 aromatic heterocycles. The lowest BCUT2D eigenvalue weighted by Gasteiger charge is -2.34. The van der Waals surface area contributed by atoms with Gasteiger partial charge in [0.1, 0.15) is 12.7 Å². The number of ether oxygens (including phenoxy) is 2. The lowest BCUT2D eigenvalue weighted by atomic mass is 9.85. The molecular formula is C20H31NO6. The number of aliphatic hydroxyl groups is 2. The first kappa shape index (κ1) is 21.6. The summed E-state index contributed by atoms with van der Waals surface area (Å²) in [5.74, 6) is -1.97. The van der Waals surface area contributed by atoms with E-state index < -0.39 is 35.7 Å². The summed E-state index contributed by atoms with van der Waals surface area (Å²) in [7, 11) is 0.